The lowest BCUT2D eigenvalue weighted by Crippen LogP contribution is -2.36. The number of rotatable bonds is 3. The number of nitrogens with zero attached hydrogens (tertiary/aromatic N) is 1. The molecule has 0 spiro atoms. The number of carbonyl (C=O) groups excluding carboxylic acids is 1. The lowest BCUT2D eigenvalue weighted by molar-refractivity contribution is -0.140. The van der Waals surface area contributed by atoms with Crippen LogP contribution in [0.4, 0.5) is 22.4 Å². The molecule has 1 aromatic rings. The van der Waals surface area contributed by atoms with Crippen LogP contribution in [0.5, 0.6) is 0 Å². The quantitative estimate of drug-likeness (QED) is 0.820. The minimum Gasteiger partial charge on any atom is -0.444 e. The molecule has 1 aliphatic rings. The topological polar surface area (TPSA) is 64.8 Å². The van der Waals surface area contributed by atoms with Crippen LogP contribution >= 0.6 is 0 Å². The van der Waals surface area contributed by atoms with Gasteiger partial charge in [-0.05, 0) is 38.5 Å². The number of ether oxygens (including phenoxy) is 2. The van der Waals surface area contributed by atoms with E-state index >= 15 is 0 Å². The molecule has 0 unspecified atom stereocenters. The second-order valence-electron chi connectivity index (χ2n) is 7.21. The van der Waals surface area contributed by atoms with Crippen molar-refractivity contribution in [2.75, 3.05) is 13.1 Å². The van der Waals surface area contributed by atoms with Gasteiger partial charge in [0.1, 0.15) is 11.4 Å². The van der Waals surface area contributed by atoms with Crippen molar-refractivity contribution >= 4 is 6.09 Å². The highest BCUT2D eigenvalue weighted by Crippen LogP contribution is 2.31. The fourth-order valence-corrected chi connectivity index (χ4v) is 2.53. The maximum Gasteiger partial charge on any atom is 0.419 e. The van der Waals surface area contributed by atoms with Crippen LogP contribution in [-0.4, -0.2) is 41.8 Å². The van der Waals surface area contributed by atoms with E-state index < -0.39 is 41.4 Å². The largest absolute Gasteiger partial charge is 0.444 e. The minimum absolute atomic E-state index is 0.115. The van der Waals surface area contributed by atoms with E-state index in [0.29, 0.717) is 6.07 Å². The Morgan fingerprint density at radius 3 is 2.46 bits per heavy atom. The average Bonchev–Trinajstić information content (AvgIpc) is 2.83. The van der Waals surface area contributed by atoms with Gasteiger partial charge in [0.05, 0.1) is 30.9 Å². The molecule has 2 rings (SSSR count). The van der Waals surface area contributed by atoms with Gasteiger partial charge < -0.3 is 20.1 Å². The first-order valence-corrected chi connectivity index (χ1v) is 8.07. The molecule has 1 saturated heterocycles. The molecule has 5 nitrogen and oxygen atoms in total. The molecule has 0 bridgehead atoms. The number of carbonyl (C=O) groups is 1. The van der Waals surface area contributed by atoms with Crippen LogP contribution < -0.4 is 5.73 Å². The Morgan fingerprint density at radius 2 is 1.92 bits per heavy atom. The van der Waals surface area contributed by atoms with Crippen molar-refractivity contribution in [3.63, 3.8) is 0 Å². The first-order chi connectivity index (χ1) is 11.9. The summed E-state index contributed by atoms with van der Waals surface area (Å²) in [6.45, 7) is 5.55. The van der Waals surface area contributed by atoms with E-state index in [4.69, 9.17) is 15.2 Å². The highest BCUT2D eigenvalue weighted by molar-refractivity contribution is 5.68. The van der Waals surface area contributed by atoms with Gasteiger partial charge in [0.15, 0.2) is 0 Å². The van der Waals surface area contributed by atoms with Crippen molar-refractivity contribution in [2.45, 2.75) is 51.3 Å². The van der Waals surface area contributed by atoms with E-state index in [1.165, 1.54) is 4.90 Å². The van der Waals surface area contributed by atoms with E-state index in [1.807, 2.05) is 0 Å². The average molecular weight is 378 g/mol. The van der Waals surface area contributed by atoms with Crippen LogP contribution in [0.25, 0.3) is 0 Å². The van der Waals surface area contributed by atoms with Crippen molar-refractivity contribution < 1.29 is 31.8 Å². The highest BCUT2D eigenvalue weighted by Gasteiger charge is 2.36. The second-order valence-corrected chi connectivity index (χ2v) is 7.21. The summed E-state index contributed by atoms with van der Waals surface area (Å²) in [5.74, 6) is -1.36. The van der Waals surface area contributed by atoms with E-state index in [-0.39, 0.29) is 25.3 Å². The Balaban J connectivity index is 1.94. The zero-order valence-electron chi connectivity index (χ0n) is 14.8. The van der Waals surface area contributed by atoms with Gasteiger partial charge in [-0.1, -0.05) is 6.07 Å². The molecule has 1 heterocycles. The molecule has 1 aliphatic heterocycles. The van der Waals surface area contributed by atoms with Crippen molar-refractivity contribution in [1.82, 2.24) is 4.90 Å². The SMILES string of the molecule is CC(C)(C)OC(=O)N1C[C@@H](N)[C@H](OCc2ccc(C(F)(F)F)c(F)c2)C1. The Labute approximate surface area is 149 Å². The molecule has 0 aromatic heterocycles. The molecular weight excluding hydrogens is 356 g/mol. The summed E-state index contributed by atoms with van der Waals surface area (Å²) in [6, 6.07) is 2.14. The second kappa shape index (κ2) is 7.40. The van der Waals surface area contributed by atoms with Crippen molar-refractivity contribution in [3.8, 4) is 0 Å². The third-order valence-corrected chi connectivity index (χ3v) is 3.76. The summed E-state index contributed by atoms with van der Waals surface area (Å²) in [4.78, 5) is 13.4. The molecule has 146 valence electrons. The maximum atomic E-state index is 13.6. The summed E-state index contributed by atoms with van der Waals surface area (Å²) in [7, 11) is 0. The van der Waals surface area contributed by atoms with Gasteiger partial charge in [-0.2, -0.15) is 13.2 Å². The smallest absolute Gasteiger partial charge is 0.419 e. The molecule has 2 atom stereocenters. The fraction of sp³-hybridized carbons (Fsp3) is 0.588. The summed E-state index contributed by atoms with van der Waals surface area (Å²) < 4.78 is 62.1. The van der Waals surface area contributed by atoms with Gasteiger partial charge in [0.25, 0.3) is 0 Å². The van der Waals surface area contributed by atoms with Gasteiger partial charge in [-0.15, -0.1) is 0 Å². The Kier molecular flexibility index (Phi) is 5.82. The highest BCUT2D eigenvalue weighted by atomic mass is 19.4. The number of nitrogens with two attached hydrogens (primary N) is 1. The minimum atomic E-state index is -4.74. The monoisotopic (exact) mass is 378 g/mol. The standard InChI is InChI=1S/C17H22F4N2O3/c1-16(2,3)26-15(24)23-7-13(22)14(8-23)25-9-10-4-5-11(12(18)6-10)17(19,20)21/h4-6,13-14H,7-9,22H2,1-3H3/t13-,14-/m1/s1. The van der Waals surface area contributed by atoms with Crippen LogP contribution in [0.1, 0.15) is 31.9 Å². The van der Waals surface area contributed by atoms with Crippen LogP contribution in [0.15, 0.2) is 18.2 Å². The maximum absolute atomic E-state index is 13.6. The number of hydrogen-bond donors (Lipinski definition) is 1. The van der Waals surface area contributed by atoms with Gasteiger partial charge in [0.2, 0.25) is 0 Å². The Morgan fingerprint density at radius 1 is 1.27 bits per heavy atom. The van der Waals surface area contributed by atoms with Gasteiger partial charge in [-0.3, -0.25) is 0 Å². The third kappa shape index (κ3) is 5.31. The van der Waals surface area contributed by atoms with Crippen LogP contribution in [0.3, 0.4) is 0 Å². The van der Waals surface area contributed by atoms with E-state index in [2.05, 4.69) is 0 Å². The first kappa shape index (κ1) is 20.4. The number of hydrogen-bond acceptors (Lipinski definition) is 4. The number of alkyl halides is 3. The zero-order valence-corrected chi connectivity index (χ0v) is 14.8. The molecule has 0 saturated carbocycles. The molecule has 0 aliphatic carbocycles. The summed E-state index contributed by atoms with van der Waals surface area (Å²) >= 11 is 0. The molecule has 1 aromatic carbocycles. The van der Waals surface area contributed by atoms with Crippen LogP contribution in [-0.2, 0) is 22.3 Å². The molecular formula is C17H22F4N2O3. The lowest BCUT2D eigenvalue weighted by atomic mass is 10.1. The molecule has 0 radical (unpaired) electrons. The van der Waals surface area contributed by atoms with E-state index in [1.54, 1.807) is 20.8 Å². The van der Waals surface area contributed by atoms with E-state index in [9.17, 15) is 22.4 Å². The normalized spacial score (nSPS) is 21.2. The summed E-state index contributed by atoms with van der Waals surface area (Å²) in [5, 5.41) is 0. The van der Waals surface area contributed by atoms with Crippen LogP contribution in [0.2, 0.25) is 0 Å². The molecule has 2 N–H and O–H groups in total. The number of likely N-dealkylation sites (tertiary alicyclic amines) is 1. The van der Waals surface area contributed by atoms with Gasteiger partial charge >= 0.3 is 12.3 Å². The van der Waals surface area contributed by atoms with Gasteiger partial charge in [-0.25, -0.2) is 9.18 Å². The van der Waals surface area contributed by atoms with Crippen molar-refractivity contribution in [2.24, 2.45) is 5.73 Å². The predicted octanol–water partition coefficient (Wildman–Crippen LogP) is 3.31. The molecule has 9 heteroatoms. The van der Waals surface area contributed by atoms with Gasteiger partial charge in [0, 0.05) is 6.54 Å². The summed E-state index contributed by atoms with van der Waals surface area (Å²) in [6.07, 6.45) is -5.78. The van der Waals surface area contributed by atoms with Crippen molar-refractivity contribution in [3.05, 3.63) is 35.1 Å². The lowest BCUT2D eigenvalue weighted by Gasteiger charge is -2.24. The molecule has 1 fully saturated rings. The first-order valence-electron chi connectivity index (χ1n) is 8.07. The predicted molar refractivity (Wildman–Crippen MR) is 85.8 cm³/mol. The Bertz CT molecular complexity index is 658. The van der Waals surface area contributed by atoms with E-state index in [0.717, 1.165) is 12.1 Å². The molecule has 1 amide bonds. The number of amides is 1. The number of benzene rings is 1. The fourth-order valence-electron chi connectivity index (χ4n) is 2.53. The van der Waals surface area contributed by atoms with Crippen LogP contribution in [0, 0.1) is 5.82 Å². The molecule has 26 heavy (non-hydrogen) atoms. The Hall–Kier alpha value is -1.87. The third-order valence-electron chi connectivity index (χ3n) is 3.76. The zero-order chi connectivity index (χ0) is 19.7. The number of halogens is 4. The summed E-state index contributed by atoms with van der Waals surface area (Å²) in [5.41, 5.74) is 4.23. The van der Waals surface area contributed by atoms with Crippen molar-refractivity contribution in [1.29, 1.82) is 0 Å².